The average Bonchev–Trinajstić information content (AvgIpc) is 3.47. The summed E-state index contributed by atoms with van der Waals surface area (Å²) in [6.07, 6.45) is 0.213. The van der Waals surface area contributed by atoms with E-state index >= 15 is 0 Å². The van der Waals surface area contributed by atoms with Gasteiger partial charge >= 0.3 is 0 Å². The number of benzene rings is 1. The molecule has 0 bridgehead atoms. The van der Waals surface area contributed by atoms with Crippen LogP contribution in [0.1, 0.15) is 23.2 Å². The standard InChI is InChI=1S/C22H28N8O6/c1-36-12-4-2-3-11(7-12)18(34)26-14-9-30-20(24)25-13(8-29-15(32)5-6-16(29)33)17-22(30,21(14,35)10-31)28-19(23)27-17/h2-4,7,13-14,17,31,35H,5-6,8-10H2,1H3,(H2,24,25)(H,26,34)(H3,23,27,28)/t13-,14-,17-,21+,22-/m0/s1. The van der Waals surface area contributed by atoms with Crippen molar-refractivity contribution in [2.45, 2.75) is 42.2 Å². The molecule has 14 nitrogen and oxygen atoms in total. The Kier molecular flexibility index (Phi) is 5.52. The van der Waals surface area contributed by atoms with Gasteiger partial charge in [0.25, 0.3) is 5.91 Å². The highest BCUT2D eigenvalue weighted by molar-refractivity contribution is 6.02. The zero-order valence-electron chi connectivity index (χ0n) is 19.5. The highest BCUT2D eigenvalue weighted by atomic mass is 16.5. The van der Waals surface area contributed by atoms with Crippen LogP contribution in [0.5, 0.6) is 5.75 Å². The lowest BCUT2D eigenvalue weighted by Crippen LogP contribution is -2.79. The molecule has 1 aromatic rings. The Bertz CT molecular complexity index is 1170. The number of ether oxygens (including phenoxy) is 1. The number of aliphatic imine (C=N–C) groups is 2. The first-order valence-electron chi connectivity index (χ1n) is 11.5. The van der Waals surface area contributed by atoms with E-state index in [9.17, 15) is 24.6 Å². The van der Waals surface area contributed by atoms with E-state index < -0.39 is 41.9 Å². The molecular weight excluding hydrogens is 472 g/mol. The van der Waals surface area contributed by atoms with Crippen molar-refractivity contribution in [3.05, 3.63) is 29.8 Å². The topological polar surface area (TPSA) is 208 Å². The second-order valence-corrected chi connectivity index (χ2v) is 9.25. The van der Waals surface area contributed by atoms with Crippen molar-refractivity contribution < 1.29 is 29.3 Å². The van der Waals surface area contributed by atoms with Gasteiger partial charge in [0, 0.05) is 24.9 Å². The lowest BCUT2D eigenvalue weighted by atomic mass is 9.77. The minimum absolute atomic E-state index is 0.0160. The fraction of sp³-hybridized carbons (Fsp3) is 0.500. The number of hydrogen-bond donors (Lipinski definition) is 6. The van der Waals surface area contributed by atoms with Crippen LogP contribution >= 0.6 is 0 Å². The highest BCUT2D eigenvalue weighted by Gasteiger charge is 2.73. The maximum Gasteiger partial charge on any atom is 0.251 e. The molecule has 192 valence electrons. The third kappa shape index (κ3) is 3.28. The van der Waals surface area contributed by atoms with Gasteiger partial charge in [-0.15, -0.1) is 0 Å². The van der Waals surface area contributed by atoms with Crippen molar-refractivity contribution in [2.24, 2.45) is 21.5 Å². The van der Waals surface area contributed by atoms with Gasteiger partial charge in [-0.25, -0.2) is 9.98 Å². The predicted octanol–water partition coefficient (Wildman–Crippen LogP) is -3.34. The molecule has 8 N–H and O–H groups in total. The molecule has 2 saturated heterocycles. The third-order valence-electron chi connectivity index (χ3n) is 7.39. The van der Waals surface area contributed by atoms with E-state index in [1.165, 1.54) is 12.0 Å². The van der Waals surface area contributed by atoms with Gasteiger partial charge in [-0.1, -0.05) is 6.07 Å². The number of nitrogens with two attached hydrogens (primary N) is 2. The summed E-state index contributed by atoms with van der Waals surface area (Å²) in [5, 5.41) is 28.2. The van der Waals surface area contributed by atoms with Gasteiger partial charge in [0.1, 0.15) is 11.8 Å². The van der Waals surface area contributed by atoms with Gasteiger partial charge < -0.3 is 42.0 Å². The fourth-order valence-electron chi connectivity index (χ4n) is 5.62. The maximum atomic E-state index is 13.1. The Morgan fingerprint density at radius 2 is 2.00 bits per heavy atom. The van der Waals surface area contributed by atoms with Gasteiger partial charge in [0.15, 0.2) is 23.2 Å². The molecule has 1 aromatic carbocycles. The summed E-state index contributed by atoms with van der Waals surface area (Å²) in [7, 11) is 1.48. The second kappa shape index (κ2) is 8.34. The van der Waals surface area contributed by atoms with Crippen LogP contribution in [0.3, 0.4) is 0 Å². The van der Waals surface area contributed by atoms with E-state index in [0.717, 1.165) is 4.90 Å². The third-order valence-corrected chi connectivity index (χ3v) is 7.39. The number of carbonyl (C=O) groups excluding carboxylic acids is 3. The van der Waals surface area contributed by atoms with Crippen LogP contribution in [0.25, 0.3) is 0 Å². The first-order valence-corrected chi connectivity index (χ1v) is 11.5. The number of aliphatic hydroxyl groups is 2. The van der Waals surface area contributed by atoms with Crippen LogP contribution in [0.2, 0.25) is 0 Å². The number of nitrogens with zero attached hydrogens (tertiary/aromatic N) is 4. The monoisotopic (exact) mass is 500 g/mol. The number of likely N-dealkylation sites (tertiary alicyclic amines) is 1. The molecule has 4 aliphatic heterocycles. The molecule has 0 unspecified atom stereocenters. The van der Waals surface area contributed by atoms with Crippen molar-refractivity contribution in [1.29, 1.82) is 0 Å². The Balaban J connectivity index is 1.49. The fourth-order valence-corrected chi connectivity index (χ4v) is 5.62. The van der Waals surface area contributed by atoms with Crippen LogP contribution in [-0.2, 0) is 9.59 Å². The molecule has 2 fully saturated rings. The average molecular weight is 501 g/mol. The molecule has 0 saturated carbocycles. The summed E-state index contributed by atoms with van der Waals surface area (Å²) in [4.78, 5) is 49.1. The summed E-state index contributed by atoms with van der Waals surface area (Å²) in [6, 6.07) is 3.68. The SMILES string of the molecule is COc1cccc(C(=O)N[C@H]2CN3C(N)=N[C@@H](CN4C(=O)CCC4=O)[C@@H]4N=C(N)N[C@@]43[C@@]2(O)CO)c1. The summed E-state index contributed by atoms with van der Waals surface area (Å²) in [5.74, 6) is -0.749. The molecule has 0 radical (unpaired) electrons. The van der Waals surface area contributed by atoms with Crippen LogP contribution < -0.4 is 26.8 Å². The molecule has 14 heteroatoms. The number of aliphatic hydroxyl groups excluding tert-OH is 1. The summed E-state index contributed by atoms with van der Waals surface area (Å²) < 4.78 is 5.18. The molecule has 0 aliphatic carbocycles. The van der Waals surface area contributed by atoms with Gasteiger partial charge in [0.2, 0.25) is 11.8 Å². The van der Waals surface area contributed by atoms with Crippen molar-refractivity contribution in [3.8, 4) is 5.75 Å². The number of nitrogens with one attached hydrogen (secondary N) is 2. The van der Waals surface area contributed by atoms with Crippen LogP contribution in [0.15, 0.2) is 34.3 Å². The van der Waals surface area contributed by atoms with Gasteiger partial charge in [-0.05, 0) is 18.2 Å². The lowest BCUT2D eigenvalue weighted by Gasteiger charge is -2.51. The van der Waals surface area contributed by atoms with E-state index in [0.29, 0.717) is 5.75 Å². The molecule has 0 aromatic heterocycles. The van der Waals surface area contributed by atoms with Crippen molar-refractivity contribution in [2.75, 3.05) is 26.8 Å². The summed E-state index contributed by atoms with van der Waals surface area (Å²) in [6.45, 7) is -0.928. The van der Waals surface area contributed by atoms with Crippen LogP contribution in [-0.4, -0.2) is 106 Å². The number of amides is 3. The number of guanidine groups is 2. The van der Waals surface area contributed by atoms with E-state index in [1.807, 2.05) is 0 Å². The number of carbonyl (C=O) groups is 3. The number of hydrogen-bond acceptors (Lipinski definition) is 12. The largest absolute Gasteiger partial charge is 0.497 e. The Morgan fingerprint density at radius 1 is 1.28 bits per heavy atom. The Labute approximate surface area is 206 Å². The second-order valence-electron chi connectivity index (χ2n) is 9.25. The summed E-state index contributed by atoms with van der Waals surface area (Å²) in [5.41, 5.74) is 9.01. The number of imide groups is 1. The maximum absolute atomic E-state index is 13.1. The molecular formula is C22H28N8O6. The zero-order valence-corrected chi connectivity index (χ0v) is 19.5. The molecule has 4 aliphatic rings. The molecule has 4 heterocycles. The minimum Gasteiger partial charge on any atom is -0.497 e. The first-order chi connectivity index (χ1) is 17.1. The Morgan fingerprint density at radius 3 is 2.67 bits per heavy atom. The van der Waals surface area contributed by atoms with Crippen molar-refractivity contribution >= 4 is 29.6 Å². The van der Waals surface area contributed by atoms with Crippen LogP contribution in [0, 0.1) is 0 Å². The Hall–Kier alpha value is -3.91. The van der Waals surface area contributed by atoms with Gasteiger partial charge in [-0.2, -0.15) is 0 Å². The quantitative estimate of drug-likeness (QED) is 0.214. The van der Waals surface area contributed by atoms with Gasteiger partial charge in [-0.3, -0.25) is 19.3 Å². The molecule has 5 atom stereocenters. The number of rotatable bonds is 6. The first kappa shape index (κ1) is 23.8. The minimum atomic E-state index is -2.03. The summed E-state index contributed by atoms with van der Waals surface area (Å²) >= 11 is 0. The van der Waals surface area contributed by atoms with Crippen molar-refractivity contribution in [3.63, 3.8) is 0 Å². The normalized spacial score (nSPS) is 33.0. The predicted molar refractivity (Wildman–Crippen MR) is 126 cm³/mol. The lowest BCUT2D eigenvalue weighted by molar-refractivity contribution is -0.139. The molecule has 3 amide bonds. The van der Waals surface area contributed by atoms with E-state index in [2.05, 4.69) is 20.6 Å². The smallest absolute Gasteiger partial charge is 0.251 e. The van der Waals surface area contributed by atoms with E-state index in [1.54, 1.807) is 24.3 Å². The van der Waals surface area contributed by atoms with Crippen LogP contribution in [0.4, 0.5) is 0 Å². The zero-order chi connectivity index (χ0) is 25.8. The molecule has 5 rings (SSSR count). The molecule has 36 heavy (non-hydrogen) atoms. The van der Waals surface area contributed by atoms with Crippen molar-refractivity contribution in [1.82, 2.24) is 20.4 Å². The number of methoxy groups -OCH3 is 1. The van der Waals surface area contributed by atoms with E-state index in [4.69, 9.17) is 16.2 Å². The van der Waals surface area contributed by atoms with E-state index in [-0.39, 0.29) is 55.2 Å². The molecule has 1 spiro atoms. The highest BCUT2D eigenvalue weighted by Crippen LogP contribution is 2.46. The van der Waals surface area contributed by atoms with Gasteiger partial charge in [0.05, 0.1) is 32.3 Å².